The Balaban J connectivity index is 1.76. The van der Waals surface area contributed by atoms with E-state index in [1.807, 2.05) is 35.9 Å². The van der Waals surface area contributed by atoms with E-state index in [1.165, 1.54) is 5.56 Å². The monoisotopic (exact) mass is 353 g/mol. The van der Waals surface area contributed by atoms with Crippen molar-refractivity contribution in [3.63, 3.8) is 0 Å². The minimum absolute atomic E-state index is 0.150. The van der Waals surface area contributed by atoms with Crippen LogP contribution in [0.2, 0.25) is 0 Å². The summed E-state index contributed by atoms with van der Waals surface area (Å²) >= 11 is 0. The highest BCUT2D eigenvalue weighted by atomic mass is 16.5. The summed E-state index contributed by atoms with van der Waals surface area (Å²) < 4.78 is 6.89. The van der Waals surface area contributed by atoms with Crippen molar-refractivity contribution in [1.82, 2.24) is 25.2 Å². The van der Waals surface area contributed by atoms with Gasteiger partial charge in [-0.25, -0.2) is 4.68 Å². The molecule has 0 aliphatic heterocycles. The number of aryl methyl sites for hydroxylation is 2. The maximum absolute atomic E-state index is 12.6. The van der Waals surface area contributed by atoms with Crippen LogP contribution < -0.4 is 5.32 Å². The van der Waals surface area contributed by atoms with Crippen LogP contribution in [0.4, 0.5) is 0 Å². The summed E-state index contributed by atoms with van der Waals surface area (Å²) in [5, 5.41) is 11.1. The molecule has 1 N–H and O–H groups in total. The Morgan fingerprint density at radius 3 is 2.58 bits per heavy atom. The van der Waals surface area contributed by atoms with Gasteiger partial charge in [0.1, 0.15) is 0 Å². The van der Waals surface area contributed by atoms with Crippen LogP contribution in [-0.4, -0.2) is 32.4 Å². The molecule has 3 rings (SSSR count). The van der Waals surface area contributed by atoms with Gasteiger partial charge in [0.05, 0.1) is 23.1 Å². The van der Waals surface area contributed by atoms with Gasteiger partial charge < -0.3 is 9.84 Å². The van der Waals surface area contributed by atoms with Gasteiger partial charge in [0.2, 0.25) is 5.89 Å². The van der Waals surface area contributed by atoms with E-state index in [9.17, 15) is 4.79 Å². The van der Waals surface area contributed by atoms with E-state index in [1.54, 1.807) is 13.1 Å². The lowest BCUT2D eigenvalue weighted by molar-refractivity contribution is 0.0952. The smallest absolute Gasteiger partial charge is 0.254 e. The Kier molecular flexibility index (Phi) is 5.16. The summed E-state index contributed by atoms with van der Waals surface area (Å²) in [7, 11) is 0. The first-order chi connectivity index (χ1) is 12.5. The molecule has 7 heteroatoms. The maximum atomic E-state index is 12.6. The first-order valence-electron chi connectivity index (χ1n) is 8.68. The molecule has 0 radical (unpaired) electrons. The third-order valence-electron chi connectivity index (χ3n) is 4.07. The van der Waals surface area contributed by atoms with Crippen LogP contribution in [-0.2, 0) is 6.42 Å². The van der Waals surface area contributed by atoms with Gasteiger partial charge in [-0.2, -0.15) is 10.1 Å². The van der Waals surface area contributed by atoms with Crippen LogP contribution in [0, 0.1) is 13.8 Å². The highest BCUT2D eigenvalue weighted by molar-refractivity contribution is 5.95. The molecule has 0 fully saturated rings. The van der Waals surface area contributed by atoms with Gasteiger partial charge in [0, 0.05) is 13.0 Å². The molecule has 0 aliphatic rings. The van der Waals surface area contributed by atoms with E-state index >= 15 is 0 Å². The molecule has 7 nitrogen and oxygen atoms in total. The van der Waals surface area contributed by atoms with Crippen LogP contribution in [0.3, 0.4) is 0 Å². The van der Waals surface area contributed by atoms with Crippen molar-refractivity contribution in [2.24, 2.45) is 0 Å². The zero-order valence-corrected chi connectivity index (χ0v) is 15.5. The molecular weight excluding hydrogens is 330 g/mol. The minimum Gasteiger partial charge on any atom is -0.351 e. The topological polar surface area (TPSA) is 85.8 Å². The van der Waals surface area contributed by atoms with Crippen LogP contribution in [0.15, 0.2) is 35.0 Å². The SMILES string of the molecule is Cc1ccc(-n2ncc(C(=O)NCCc3nc(C)no3)c2C(C)C)cc1. The highest BCUT2D eigenvalue weighted by Gasteiger charge is 2.20. The average Bonchev–Trinajstić information content (AvgIpc) is 3.22. The number of carbonyl (C=O) groups excluding carboxylic acids is 1. The van der Waals surface area contributed by atoms with Crippen LogP contribution in [0.25, 0.3) is 5.69 Å². The standard InChI is InChI=1S/C19H23N5O2/c1-12(2)18-16(11-21-24(18)15-7-5-13(3)6-8-15)19(25)20-10-9-17-22-14(4)23-26-17/h5-8,11-12H,9-10H2,1-4H3,(H,20,25). The third kappa shape index (κ3) is 3.82. The third-order valence-corrected chi connectivity index (χ3v) is 4.07. The normalized spacial score (nSPS) is 11.1. The van der Waals surface area contributed by atoms with E-state index in [4.69, 9.17) is 4.52 Å². The van der Waals surface area contributed by atoms with Gasteiger partial charge in [-0.05, 0) is 31.9 Å². The van der Waals surface area contributed by atoms with Crippen LogP contribution >= 0.6 is 0 Å². The number of carbonyl (C=O) groups is 1. The van der Waals surface area contributed by atoms with Gasteiger partial charge in [-0.3, -0.25) is 4.79 Å². The van der Waals surface area contributed by atoms with E-state index in [0.717, 1.165) is 11.4 Å². The Morgan fingerprint density at radius 2 is 1.96 bits per heavy atom. The molecule has 0 unspecified atom stereocenters. The molecule has 2 heterocycles. The van der Waals surface area contributed by atoms with Gasteiger partial charge in [0.25, 0.3) is 5.91 Å². The molecule has 1 amide bonds. The Bertz CT molecular complexity index is 893. The first-order valence-corrected chi connectivity index (χ1v) is 8.68. The lowest BCUT2D eigenvalue weighted by atomic mass is 10.0. The zero-order chi connectivity index (χ0) is 18.7. The molecule has 0 bridgehead atoms. The molecule has 0 saturated carbocycles. The predicted molar refractivity (Wildman–Crippen MR) is 97.5 cm³/mol. The second-order valence-electron chi connectivity index (χ2n) is 6.59. The van der Waals surface area contributed by atoms with Crippen molar-refractivity contribution in [1.29, 1.82) is 0 Å². The summed E-state index contributed by atoms with van der Waals surface area (Å²) in [4.78, 5) is 16.8. The average molecular weight is 353 g/mol. The highest BCUT2D eigenvalue weighted by Crippen LogP contribution is 2.23. The second-order valence-corrected chi connectivity index (χ2v) is 6.59. The fourth-order valence-corrected chi connectivity index (χ4v) is 2.80. The first kappa shape index (κ1) is 17.8. The van der Waals surface area contributed by atoms with Crippen molar-refractivity contribution in [3.8, 4) is 5.69 Å². The molecule has 0 atom stereocenters. The Hall–Kier alpha value is -2.96. The molecule has 3 aromatic rings. The molecule has 0 spiro atoms. The molecular formula is C19H23N5O2. The van der Waals surface area contributed by atoms with Crippen molar-refractivity contribution < 1.29 is 9.32 Å². The van der Waals surface area contributed by atoms with Crippen molar-refractivity contribution in [2.75, 3.05) is 6.54 Å². The second kappa shape index (κ2) is 7.51. The van der Waals surface area contributed by atoms with Crippen molar-refractivity contribution >= 4 is 5.91 Å². The van der Waals surface area contributed by atoms with E-state index < -0.39 is 0 Å². The largest absolute Gasteiger partial charge is 0.351 e. The summed E-state index contributed by atoms with van der Waals surface area (Å²) in [6, 6.07) is 8.09. The molecule has 136 valence electrons. The summed E-state index contributed by atoms with van der Waals surface area (Å²) in [6.45, 7) is 8.34. The number of hydrogen-bond acceptors (Lipinski definition) is 5. The summed E-state index contributed by atoms with van der Waals surface area (Å²) in [6.07, 6.45) is 2.12. The maximum Gasteiger partial charge on any atom is 0.254 e. The number of nitrogens with zero attached hydrogens (tertiary/aromatic N) is 4. The van der Waals surface area contributed by atoms with Gasteiger partial charge in [-0.15, -0.1) is 0 Å². The molecule has 1 aromatic carbocycles. The Morgan fingerprint density at radius 1 is 1.23 bits per heavy atom. The summed E-state index contributed by atoms with van der Waals surface area (Å²) in [5.41, 5.74) is 3.60. The number of aromatic nitrogens is 4. The molecule has 0 aliphatic carbocycles. The van der Waals surface area contributed by atoms with E-state index in [0.29, 0.717) is 30.2 Å². The quantitative estimate of drug-likeness (QED) is 0.736. The molecule has 0 saturated heterocycles. The number of nitrogens with one attached hydrogen (secondary N) is 1. The van der Waals surface area contributed by atoms with Crippen molar-refractivity contribution in [2.45, 2.75) is 40.0 Å². The van der Waals surface area contributed by atoms with Crippen LogP contribution in [0.5, 0.6) is 0 Å². The number of benzene rings is 1. The fourth-order valence-electron chi connectivity index (χ4n) is 2.80. The zero-order valence-electron chi connectivity index (χ0n) is 15.5. The lowest BCUT2D eigenvalue weighted by Gasteiger charge is -2.13. The van der Waals surface area contributed by atoms with Gasteiger partial charge in [-0.1, -0.05) is 36.7 Å². The lowest BCUT2D eigenvalue weighted by Crippen LogP contribution is -2.26. The van der Waals surface area contributed by atoms with E-state index in [2.05, 4.69) is 34.4 Å². The number of rotatable bonds is 6. The predicted octanol–water partition coefficient (Wildman–Crippen LogP) is 2.97. The van der Waals surface area contributed by atoms with Crippen LogP contribution in [0.1, 0.15) is 53.1 Å². The number of amides is 1. The summed E-state index contributed by atoms with van der Waals surface area (Å²) in [5.74, 6) is 1.11. The minimum atomic E-state index is -0.150. The Labute approximate surface area is 152 Å². The fraction of sp³-hybridized carbons (Fsp3) is 0.368. The van der Waals surface area contributed by atoms with Gasteiger partial charge in [0.15, 0.2) is 5.82 Å². The van der Waals surface area contributed by atoms with Crippen molar-refractivity contribution in [3.05, 3.63) is 59.0 Å². The van der Waals surface area contributed by atoms with Gasteiger partial charge >= 0.3 is 0 Å². The number of hydrogen-bond donors (Lipinski definition) is 1. The van der Waals surface area contributed by atoms with E-state index in [-0.39, 0.29) is 11.8 Å². The molecule has 2 aromatic heterocycles. The molecule has 26 heavy (non-hydrogen) atoms.